The third-order valence-electron chi connectivity index (χ3n) is 1.05. The maximum Gasteiger partial charge on any atom is 0.328 e. The number of carboxylic acids is 1. The van der Waals surface area contributed by atoms with Crippen molar-refractivity contribution in [3.05, 3.63) is 27.6 Å². The molecule has 5 heteroatoms. The van der Waals surface area contributed by atoms with Crippen LogP contribution in [0.2, 0.25) is 5.22 Å². The fraction of sp³-hybridized carbons (Fsp3) is 0. The molecule has 12 heavy (non-hydrogen) atoms. The smallest absolute Gasteiger partial charge is 0.328 e. The minimum absolute atomic E-state index is 0.208. The number of hydrogen-bond acceptors (Lipinski definition) is 2. The molecule has 0 amide bonds. The Bertz CT molecular complexity index is 310. The Hall–Kier alpha value is -0.740. The van der Waals surface area contributed by atoms with Gasteiger partial charge >= 0.3 is 5.97 Å². The van der Waals surface area contributed by atoms with Gasteiger partial charge in [0, 0.05) is 6.08 Å². The van der Waals surface area contributed by atoms with Gasteiger partial charge < -0.3 is 9.52 Å². The van der Waals surface area contributed by atoms with E-state index < -0.39 is 5.97 Å². The predicted molar refractivity (Wildman–Crippen MR) is 48.1 cm³/mol. The highest BCUT2D eigenvalue weighted by atomic mass is 79.9. The topological polar surface area (TPSA) is 50.4 Å². The van der Waals surface area contributed by atoms with Crippen LogP contribution in [0.15, 0.2) is 21.0 Å². The van der Waals surface area contributed by atoms with Crippen molar-refractivity contribution in [2.45, 2.75) is 0 Å². The van der Waals surface area contributed by atoms with E-state index in [0.29, 0.717) is 10.2 Å². The molecule has 0 aromatic carbocycles. The van der Waals surface area contributed by atoms with E-state index in [2.05, 4.69) is 15.9 Å². The van der Waals surface area contributed by atoms with E-state index in [4.69, 9.17) is 21.1 Å². The van der Waals surface area contributed by atoms with Crippen LogP contribution in [0.1, 0.15) is 5.76 Å². The lowest BCUT2D eigenvalue weighted by Gasteiger charge is -1.80. The quantitative estimate of drug-likeness (QED) is 0.822. The molecular formula is C7H4BrClO3. The molecule has 0 atom stereocenters. The molecule has 0 spiro atoms. The first kappa shape index (κ1) is 9.35. The van der Waals surface area contributed by atoms with E-state index in [0.717, 1.165) is 6.08 Å². The summed E-state index contributed by atoms with van der Waals surface area (Å²) in [6.07, 6.45) is 2.29. The van der Waals surface area contributed by atoms with Gasteiger partial charge in [0.25, 0.3) is 0 Å². The fourth-order valence-electron chi connectivity index (χ4n) is 0.599. The molecule has 1 aromatic rings. The highest BCUT2D eigenvalue weighted by Crippen LogP contribution is 2.26. The van der Waals surface area contributed by atoms with E-state index in [-0.39, 0.29) is 5.22 Å². The summed E-state index contributed by atoms with van der Waals surface area (Å²) < 4.78 is 5.54. The van der Waals surface area contributed by atoms with Crippen molar-refractivity contribution in [3.8, 4) is 0 Å². The van der Waals surface area contributed by atoms with E-state index in [1.807, 2.05) is 0 Å². The summed E-state index contributed by atoms with van der Waals surface area (Å²) in [4.78, 5) is 10.1. The number of furan rings is 1. The van der Waals surface area contributed by atoms with Crippen molar-refractivity contribution in [2.24, 2.45) is 0 Å². The van der Waals surface area contributed by atoms with Gasteiger partial charge in [0.15, 0.2) is 0 Å². The summed E-state index contributed by atoms with van der Waals surface area (Å²) in [5.41, 5.74) is 0. The molecule has 64 valence electrons. The molecule has 1 aromatic heterocycles. The van der Waals surface area contributed by atoms with Crippen LogP contribution >= 0.6 is 27.5 Å². The highest BCUT2D eigenvalue weighted by molar-refractivity contribution is 9.10. The second-order valence-electron chi connectivity index (χ2n) is 1.94. The normalized spacial score (nSPS) is 10.8. The van der Waals surface area contributed by atoms with Gasteiger partial charge in [-0.15, -0.1) is 0 Å². The van der Waals surface area contributed by atoms with Crippen molar-refractivity contribution in [2.75, 3.05) is 0 Å². The van der Waals surface area contributed by atoms with E-state index in [9.17, 15) is 4.79 Å². The standard InChI is InChI=1S/C7H4BrClO3/c8-5-3-4(12-7(5)9)1-2-6(10)11/h1-3H,(H,10,11)/b2-1+. The minimum Gasteiger partial charge on any atom is -0.478 e. The maximum absolute atomic E-state index is 10.1. The van der Waals surface area contributed by atoms with Gasteiger partial charge in [-0.2, -0.15) is 0 Å². The number of carbonyl (C=O) groups is 1. The average Bonchev–Trinajstić information content (AvgIpc) is 2.28. The monoisotopic (exact) mass is 250 g/mol. The lowest BCUT2D eigenvalue weighted by atomic mass is 10.4. The molecule has 0 bridgehead atoms. The van der Waals surface area contributed by atoms with Gasteiger partial charge in [-0.05, 0) is 39.7 Å². The van der Waals surface area contributed by atoms with E-state index in [1.165, 1.54) is 6.08 Å². The molecule has 1 rings (SSSR count). The van der Waals surface area contributed by atoms with Crippen LogP contribution in [0.25, 0.3) is 6.08 Å². The zero-order valence-electron chi connectivity index (χ0n) is 5.75. The zero-order valence-corrected chi connectivity index (χ0v) is 8.09. The number of aliphatic carboxylic acids is 1. The van der Waals surface area contributed by atoms with Gasteiger partial charge in [0.2, 0.25) is 5.22 Å². The lowest BCUT2D eigenvalue weighted by Crippen LogP contribution is -1.84. The number of halogens is 2. The van der Waals surface area contributed by atoms with Crippen LogP contribution in [-0.2, 0) is 4.79 Å². The van der Waals surface area contributed by atoms with Crippen LogP contribution in [0.4, 0.5) is 0 Å². The summed E-state index contributed by atoms with van der Waals surface area (Å²) >= 11 is 8.67. The van der Waals surface area contributed by atoms with Gasteiger partial charge in [-0.25, -0.2) is 4.79 Å². The third kappa shape index (κ3) is 2.39. The maximum atomic E-state index is 10.1. The number of carboxylic acid groups (broad SMARTS) is 1. The Morgan fingerprint density at radius 2 is 2.42 bits per heavy atom. The van der Waals surface area contributed by atoms with Crippen molar-refractivity contribution in [1.82, 2.24) is 0 Å². The molecule has 0 saturated heterocycles. The predicted octanol–water partition coefficient (Wildman–Crippen LogP) is 2.79. The number of rotatable bonds is 2. The van der Waals surface area contributed by atoms with Crippen LogP contribution < -0.4 is 0 Å². The highest BCUT2D eigenvalue weighted by Gasteiger charge is 2.03. The molecule has 0 radical (unpaired) electrons. The number of hydrogen-bond donors (Lipinski definition) is 1. The summed E-state index contributed by atoms with van der Waals surface area (Å²) in [6.45, 7) is 0. The molecule has 0 aliphatic rings. The molecule has 0 aliphatic carbocycles. The van der Waals surface area contributed by atoms with E-state index >= 15 is 0 Å². The summed E-state index contributed by atoms with van der Waals surface area (Å²) in [5.74, 6) is -0.632. The second-order valence-corrected chi connectivity index (χ2v) is 3.14. The summed E-state index contributed by atoms with van der Waals surface area (Å²) in [6, 6.07) is 1.59. The molecular weight excluding hydrogens is 247 g/mol. The van der Waals surface area contributed by atoms with Crippen LogP contribution in [-0.4, -0.2) is 11.1 Å². The average molecular weight is 251 g/mol. The van der Waals surface area contributed by atoms with Crippen LogP contribution in [0.3, 0.4) is 0 Å². The fourth-order valence-corrected chi connectivity index (χ4v) is 1.05. The lowest BCUT2D eigenvalue weighted by molar-refractivity contribution is -0.131. The van der Waals surface area contributed by atoms with Crippen LogP contribution in [0.5, 0.6) is 0 Å². The molecule has 0 saturated carbocycles. The van der Waals surface area contributed by atoms with Crippen molar-refractivity contribution in [3.63, 3.8) is 0 Å². The van der Waals surface area contributed by atoms with Gasteiger partial charge in [-0.3, -0.25) is 0 Å². The van der Waals surface area contributed by atoms with Gasteiger partial charge in [0.1, 0.15) is 5.76 Å². The molecule has 1 N–H and O–H groups in total. The van der Waals surface area contributed by atoms with Crippen molar-refractivity contribution >= 4 is 39.6 Å². The van der Waals surface area contributed by atoms with Crippen molar-refractivity contribution in [1.29, 1.82) is 0 Å². The Morgan fingerprint density at radius 3 is 2.83 bits per heavy atom. The minimum atomic E-state index is -1.03. The third-order valence-corrected chi connectivity index (χ3v) is 2.15. The second kappa shape index (κ2) is 3.78. The first-order chi connectivity index (χ1) is 5.59. The van der Waals surface area contributed by atoms with Crippen LogP contribution in [0, 0.1) is 0 Å². The molecule has 0 aliphatic heterocycles. The molecule has 1 heterocycles. The first-order valence-corrected chi connectivity index (χ1v) is 4.12. The summed E-state index contributed by atoms with van der Waals surface area (Å²) in [7, 11) is 0. The first-order valence-electron chi connectivity index (χ1n) is 2.95. The molecule has 0 unspecified atom stereocenters. The Labute approximate surface area is 81.8 Å². The van der Waals surface area contributed by atoms with E-state index in [1.54, 1.807) is 6.07 Å². The van der Waals surface area contributed by atoms with Crippen molar-refractivity contribution < 1.29 is 14.3 Å². The molecule has 0 fully saturated rings. The van der Waals surface area contributed by atoms with Gasteiger partial charge in [0.05, 0.1) is 4.47 Å². The molecule has 3 nitrogen and oxygen atoms in total. The zero-order chi connectivity index (χ0) is 9.14. The Balaban J connectivity index is 2.83. The Kier molecular flexibility index (Phi) is 2.94. The SMILES string of the molecule is O=C(O)/C=C/c1cc(Br)c(Cl)o1. The Morgan fingerprint density at radius 1 is 1.75 bits per heavy atom. The largest absolute Gasteiger partial charge is 0.478 e. The van der Waals surface area contributed by atoms with Gasteiger partial charge in [-0.1, -0.05) is 0 Å². The summed E-state index contributed by atoms with van der Waals surface area (Å²) in [5, 5.41) is 8.49.